The molecule has 7 nitrogen and oxygen atoms in total. The number of morpholine rings is 1. The first-order valence-corrected chi connectivity index (χ1v) is 7.91. The van der Waals surface area contributed by atoms with Crippen molar-refractivity contribution in [1.29, 1.82) is 0 Å². The van der Waals surface area contributed by atoms with Crippen LogP contribution in [0.1, 0.15) is 24.3 Å². The number of ether oxygens (including phenoxy) is 1. The molecule has 0 spiro atoms. The fourth-order valence-electron chi connectivity index (χ4n) is 2.37. The predicted molar refractivity (Wildman–Crippen MR) is 85.2 cm³/mol. The van der Waals surface area contributed by atoms with Gasteiger partial charge in [-0.1, -0.05) is 13.8 Å². The first-order chi connectivity index (χ1) is 10.7. The standard InChI is InChI=1S/C15H25N5O2/c1-3-19(4-2)8-7-16-15(21)13-5-6-14(18-17-13)20-9-11-22-12-10-20/h5-6H,3-4,7-12H2,1-2H3,(H,16,21). The van der Waals surface area contributed by atoms with Crippen LogP contribution < -0.4 is 10.2 Å². The summed E-state index contributed by atoms with van der Waals surface area (Å²) >= 11 is 0. The van der Waals surface area contributed by atoms with Crippen LogP contribution in [0.4, 0.5) is 5.82 Å². The zero-order valence-electron chi connectivity index (χ0n) is 13.4. The van der Waals surface area contributed by atoms with E-state index >= 15 is 0 Å². The summed E-state index contributed by atoms with van der Waals surface area (Å²) in [6.45, 7) is 10.7. The summed E-state index contributed by atoms with van der Waals surface area (Å²) in [5, 5.41) is 11.1. The Morgan fingerprint density at radius 3 is 2.59 bits per heavy atom. The van der Waals surface area contributed by atoms with Gasteiger partial charge in [-0.3, -0.25) is 4.79 Å². The smallest absolute Gasteiger partial charge is 0.271 e. The van der Waals surface area contributed by atoms with Crippen LogP contribution in [-0.2, 0) is 4.74 Å². The van der Waals surface area contributed by atoms with E-state index in [2.05, 4.69) is 39.2 Å². The molecule has 22 heavy (non-hydrogen) atoms. The summed E-state index contributed by atoms with van der Waals surface area (Å²) in [5.74, 6) is 0.621. The molecule has 0 aromatic carbocycles. The summed E-state index contributed by atoms with van der Waals surface area (Å²) in [6, 6.07) is 3.57. The molecule has 0 bridgehead atoms. The molecule has 0 saturated carbocycles. The SMILES string of the molecule is CCN(CC)CCNC(=O)c1ccc(N2CCOCC2)nn1. The van der Waals surface area contributed by atoms with Gasteiger partial charge in [-0.05, 0) is 25.2 Å². The molecule has 1 aliphatic heterocycles. The zero-order valence-corrected chi connectivity index (χ0v) is 13.4. The van der Waals surface area contributed by atoms with Crippen LogP contribution in [0.15, 0.2) is 12.1 Å². The van der Waals surface area contributed by atoms with Gasteiger partial charge in [0.1, 0.15) is 0 Å². The summed E-state index contributed by atoms with van der Waals surface area (Å²) in [4.78, 5) is 16.4. The number of likely N-dealkylation sites (N-methyl/N-ethyl adjacent to an activating group) is 1. The lowest BCUT2D eigenvalue weighted by Gasteiger charge is -2.27. The highest BCUT2D eigenvalue weighted by Gasteiger charge is 2.14. The highest BCUT2D eigenvalue weighted by atomic mass is 16.5. The van der Waals surface area contributed by atoms with Gasteiger partial charge in [0, 0.05) is 26.2 Å². The minimum absolute atomic E-state index is 0.173. The van der Waals surface area contributed by atoms with E-state index in [4.69, 9.17) is 4.74 Å². The molecule has 122 valence electrons. The quantitative estimate of drug-likeness (QED) is 0.785. The third-order valence-electron chi connectivity index (χ3n) is 3.83. The maximum atomic E-state index is 12.0. The third kappa shape index (κ3) is 4.64. The molecule has 2 heterocycles. The number of carbonyl (C=O) groups is 1. The molecular formula is C15H25N5O2. The van der Waals surface area contributed by atoms with Gasteiger partial charge in [0.05, 0.1) is 13.2 Å². The van der Waals surface area contributed by atoms with Gasteiger partial charge in [-0.15, -0.1) is 10.2 Å². The van der Waals surface area contributed by atoms with Crippen molar-refractivity contribution in [2.24, 2.45) is 0 Å². The van der Waals surface area contributed by atoms with Crippen molar-refractivity contribution in [3.8, 4) is 0 Å². The fourth-order valence-corrected chi connectivity index (χ4v) is 2.37. The number of hydrogen-bond acceptors (Lipinski definition) is 6. The van der Waals surface area contributed by atoms with E-state index in [0.29, 0.717) is 25.5 Å². The van der Waals surface area contributed by atoms with Crippen LogP contribution in [0.25, 0.3) is 0 Å². The van der Waals surface area contributed by atoms with Crippen molar-refractivity contribution in [3.63, 3.8) is 0 Å². The van der Waals surface area contributed by atoms with Crippen LogP contribution >= 0.6 is 0 Å². The molecule has 0 aliphatic carbocycles. The summed E-state index contributed by atoms with van der Waals surface area (Å²) < 4.78 is 5.31. The minimum Gasteiger partial charge on any atom is -0.378 e. The molecule has 0 radical (unpaired) electrons. The number of nitrogens with one attached hydrogen (secondary N) is 1. The number of nitrogens with zero attached hydrogens (tertiary/aromatic N) is 4. The summed E-state index contributed by atoms with van der Waals surface area (Å²) in [7, 11) is 0. The molecule has 1 fully saturated rings. The molecule has 0 unspecified atom stereocenters. The number of anilines is 1. The monoisotopic (exact) mass is 307 g/mol. The van der Waals surface area contributed by atoms with Gasteiger partial charge >= 0.3 is 0 Å². The van der Waals surface area contributed by atoms with E-state index in [0.717, 1.165) is 38.5 Å². The number of rotatable bonds is 7. The molecule has 1 saturated heterocycles. The van der Waals surface area contributed by atoms with Crippen molar-refractivity contribution in [2.75, 3.05) is 57.4 Å². The summed E-state index contributed by atoms with van der Waals surface area (Å²) in [5.41, 5.74) is 0.358. The Labute approximate surface area is 131 Å². The van der Waals surface area contributed by atoms with Crippen LogP contribution in [-0.4, -0.2) is 73.5 Å². The molecule has 7 heteroatoms. The Morgan fingerprint density at radius 2 is 2.00 bits per heavy atom. The molecular weight excluding hydrogens is 282 g/mol. The van der Waals surface area contributed by atoms with Gasteiger partial charge in [-0.25, -0.2) is 0 Å². The Balaban J connectivity index is 1.82. The molecule has 1 amide bonds. The van der Waals surface area contributed by atoms with E-state index in [-0.39, 0.29) is 5.91 Å². The lowest BCUT2D eigenvalue weighted by Crippen LogP contribution is -2.37. The molecule has 2 rings (SSSR count). The highest BCUT2D eigenvalue weighted by Crippen LogP contribution is 2.11. The second-order valence-corrected chi connectivity index (χ2v) is 5.16. The Morgan fingerprint density at radius 1 is 1.27 bits per heavy atom. The van der Waals surface area contributed by atoms with E-state index in [9.17, 15) is 4.79 Å². The minimum atomic E-state index is -0.173. The van der Waals surface area contributed by atoms with Crippen LogP contribution in [0.5, 0.6) is 0 Å². The van der Waals surface area contributed by atoms with Gasteiger partial charge in [-0.2, -0.15) is 0 Å². The Kier molecular flexibility index (Phi) is 6.54. The first kappa shape index (κ1) is 16.6. The van der Waals surface area contributed by atoms with Gasteiger partial charge in [0.2, 0.25) is 0 Å². The lowest BCUT2D eigenvalue weighted by molar-refractivity contribution is 0.0942. The molecule has 1 N–H and O–H groups in total. The van der Waals surface area contributed by atoms with Gasteiger partial charge in [0.15, 0.2) is 11.5 Å². The van der Waals surface area contributed by atoms with Crippen LogP contribution in [0.2, 0.25) is 0 Å². The fraction of sp³-hybridized carbons (Fsp3) is 0.667. The van der Waals surface area contributed by atoms with Crippen molar-refractivity contribution >= 4 is 11.7 Å². The summed E-state index contributed by atoms with van der Waals surface area (Å²) in [6.07, 6.45) is 0. The molecule has 1 aliphatic rings. The second-order valence-electron chi connectivity index (χ2n) is 5.16. The van der Waals surface area contributed by atoms with Crippen LogP contribution in [0, 0.1) is 0 Å². The number of amides is 1. The third-order valence-corrected chi connectivity index (χ3v) is 3.83. The van der Waals surface area contributed by atoms with Crippen molar-refractivity contribution < 1.29 is 9.53 Å². The van der Waals surface area contributed by atoms with Crippen molar-refractivity contribution in [1.82, 2.24) is 20.4 Å². The predicted octanol–water partition coefficient (Wildman–Crippen LogP) is 0.385. The zero-order chi connectivity index (χ0) is 15.8. The maximum Gasteiger partial charge on any atom is 0.271 e. The van der Waals surface area contributed by atoms with Gasteiger partial charge in [0.25, 0.3) is 5.91 Å². The molecule has 0 atom stereocenters. The maximum absolute atomic E-state index is 12.0. The average molecular weight is 307 g/mol. The number of hydrogen-bond donors (Lipinski definition) is 1. The van der Waals surface area contributed by atoms with E-state index in [1.54, 1.807) is 6.07 Å². The van der Waals surface area contributed by atoms with E-state index in [1.165, 1.54) is 0 Å². The van der Waals surface area contributed by atoms with Gasteiger partial charge < -0.3 is 19.9 Å². The second kappa shape index (κ2) is 8.65. The average Bonchev–Trinajstić information content (AvgIpc) is 2.59. The first-order valence-electron chi connectivity index (χ1n) is 7.91. The van der Waals surface area contributed by atoms with Crippen molar-refractivity contribution in [3.05, 3.63) is 17.8 Å². The Hall–Kier alpha value is -1.73. The van der Waals surface area contributed by atoms with Crippen LogP contribution in [0.3, 0.4) is 0 Å². The Bertz CT molecular complexity index is 456. The lowest BCUT2D eigenvalue weighted by atomic mass is 10.3. The molecule has 1 aromatic rings. The van der Waals surface area contributed by atoms with E-state index < -0.39 is 0 Å². The number of carbonyl (C=O) groups excluding carboxylic acids is 1. The highest BCUT2D eigenvalue weighted by molar-refractivity contribution is 5.92. The largest absolute Gasteiger partial charge is 0.378 e. The number of aromatic nitrogens is 2. The van der Waals surface area contributed by atoms with Crippen molar-refractivity contribution in [2.45, 2.75) is 13.8 Å². The van der Waals surface area contributed by atoms with E-state index in [1.807, 2.05) is 6.07 Å². The normalized spacial score (nSPS) is 15.1. The molecule has 1 aromatic heterocycles. The topological polar surface area (TPSA) is 70.6 Å².